The average Bonchev–Trinajstić information content (AvgIpc) is 1.54. The Balaban J connectivity index is -0.0000000450. The van der Waals surface area contributed by atoms with Gasteiger partial charge in [0.15, 0.2) is 0 Å². The van der Waals surface area contributed by atoms with E-state index in [1.54, 1.807) is 0 Å². The average molecular weight is 791 g/mol. The SMILES string of the molecule is P.[CH3][Pb]([CH3])[CH3].[CH3][Pb]([CH3])[CH3].[CH3][Pb]([CH3])[CH3]. The summed E-state index contributed by atoms with van der Waals surface area (Å²) in [5.74, 6) is 0. The van der Waals surface area contributed by atoms with Crippen LogP contribution in [0.2, 0.25) is 40.3 Å². The van der Waals surface area contributed by atoms with Crippen LogP contribution in [0, 0.1) is 0 Å². The molecule has 0 N–H and O–H groups in total. The van der Waals surface area contributed by atoms with Crippen molar-refractivity contribution in [2.75, 3.05) is 0 Å². The molecule has 0 aliphatic rings. The zero-order chi connectivity index (χ0) is 10.7. The molecule has 0 aromatic rings. The van der Waals surface area contributed by atoms with Crippen molar-refractivity contribution in [1.82, 2.24) is 0 Å². The standard InChI is InChI=1S/9CH3.H3P.3Pb/h10*1H3;;;. The summed E-state index contributed by atoms with van der Waals surface area (Å²) in [5.41, 5.74) is 0. The maximum absolute atomic E-state index is 2.38. The molecule has 1 atom stereocenters. The fraction of sp³-hybridized carbons (Fsp3) is 1.00. The van der Waals surface area contributed by atoms with Crippen LogP contribution >= 0.6 is 9.90 Å². The summed E-state index contributed by atoms with van der Waals surface area (Å²) in [7, 11) is 0. The molecule has 4 heteroatoms. The van der Waals surface area contributed by atoms with Crippen LogP contribution in [0.1, 0.15) is 0 Å². The van der Waals surface area contributed by atoms with Crippen molar-refractivity contribution in [2.45, 2.75) is 40.3 Å². The summed E-state index contributed by atoms with van der Waals surface area (Å²) in [5, 5.41) is 0. The molecular weight excluding hydrogens is 761 g/mol. The zero-order valence-corrected chi connectivity index (χ0v) is 24.3. The van der Waals surface area contributed by atoms with Crippen LogP contribution in [-0.4, -0.2) is 68.1 Å². The predicted molar refractivity (Wildman–Crippen MR) is 81.1 cm³/mol. The maximum atomic E-state index is 2.38. The minimum absolute atomic E-state index is 0. The number of hydrogen-bond donors (Lipinski definition) is 0. The van der Waals surface area contributed by atoms with Gasteiger partial charge in [-0.2, -0.15) is 9.90 Å². The summed E-state index contributed by atoms with van der Waals surface area (Å²) >= 11 is -1.97. The minimum atomic E-state index is -0.657. The van der Waals surface area contributed by atoms with Gasteiger partial charge in [-0.15, -0.1) is 0 Å². The van der Waals surface area contributed by atoms with Gasteiger partial charge in [-0.25, -0.2) is 0 Å². The van der Waals surface area contributed by atoms with E-state index >= 15 is 0 Å². The molecular formula is C9H30PPb3. The molecule has 0 aliphatic carbocycles. The molecule has 0 fully saturated rings. The van der Waals surface area contributed by atoms with Crippen LogP contribution in [-0.2, 0) is 0 Å². The van der Waals surface area contributed by atoms with E-state index in [4.69, 9.17) is 0 Å². The van der Waals surface area contributed by atoms with Crippen molar-refractivity contribution >= 4 is 78.0 Å². The summed E-state index contributed by atoms with van der Waals surface area (Å²) < 4.78 is 21.4. The molecule has 0 aromatic heterocycles. The quantitative estimate of drug-likeness (QED) is 0.256. The van der Waals surface area contributed by atoms with Crippen molar-refractivity contribution < 1.29 is 0 Å². The van der Waals surface area contributed by atoms with E-state index < -0.39 is 68.1 Å². The molecule has 0 bridgehead atoms. The first-order valence-corrected chi connectivity index (χ1v) is 39.5. The predicted octanol–water partition coefficient (Wildman–Crippen LogP) is 4.17. The van der Waals surface area contributed by atoms with Gasteiger partial charge in [-0.3, -0.25) is 0 Å². The molecule has 13 heavy (non-hydrogen) atoms. The van der Waals surface area contributed by atoms with E-state index in [0.717, 1.165) is 0 Å². The van der Waals surface area contributed by atoms with Crippen molar-refractivity contribution in [3.8, 4) is 0 Å². The van der Waals surface area contributed by atoms with E-state index in [9.17, 15) is 0 Å². The first kappa shape index (κ1) is 25.1. The van der Waals surface area contributed by atoms with E-state index in [1.807, 2.05) is 0 Å². The molecule has 0 aliphatic heterocycles. The molecule has 83 valence electrons. The molecule has 0 rings (SSSR count). The van der Waals surface area contributed by atoms with Crippen molar-refractivity contribution in [3.63, 3.8) is 0 Å². The Morgan fingerprint density at radius 2 is 0.385 bits per heavy atom. The third kappa shape index (κ3) is 259. The Kier molecular flexibility index (Phi) is 39.8. The molecule has 0 aromatic carbocycles. The van der Waals surface area contributed by atoms with Gasteiger partial charge in [-0.05, 0) is 0 Å². The van der Waals surface area contributed by atoms with E-state index in [1.165, 1.54) is 0 Å². The van der Waals surface area contributed by atoms with Crippen molar-refractivity contribution in [3.05, 3.63) is 0 Å². The fourth-order valence-corrected chi connectivity index (χ4v) is 0. The Hall–Kier alpha value is 3.20. The Bertz CT molecular complexity index is 43.4. The normalized spacial score (nSPS) is 8.31. The summed E-state index contributed by atoms with van der Waals surface area (Å²) in [4.78, 5) is 0. The van der Waals surface area contributed by atoms with Crippen molar-refractivity contribution in [2.24, 2.45) is 0 Å². The van der Waals surface area contributed by atoms with Gasteiger partial charge in [0, 0.05) is 0 Å². The molecule has 0 heterocycles. The van der Waals surface area contributed by atoms with E-state index in [0.29, 0.717) is 0 Å². The first-order chi connectivity index (χ1) is 5.20. The summed E-state index contributed by atoms with van der Waals surface area (Å²) in [6.45, 7) is 0. The van der Waals surface area contributed by atoms with E-state index in [2.05, 4.69) is 40.3 Å². The van der Waals surface area contributed by atoms with Gasteiger partial charge in [0.2, 0.25) is 0 Å². The van der Waals surface area contributed by atoms with Crippen LogP contribution in [0.15, 0.2) is 0 Å². The molecule has 0 amide bonds. The van der Waals surface area contributed by atoms with Crippen LogP contribution in [0.25, 0.3) is 0 Å². The van der Waals surface area contributed by atoms with Crippen LogP contribution in [0.3, 0.4) is 0 Å². The summed E-state index contributed by atoms with van der Waals surface area (Å²) in [6, 6.07) is 0. The third-order valence-electron chi connectivity index (χ3n) is 0. The topological polar surface area (TPSA) is 0 Å². The molecule has 0 spiro atoms. The van der Waals surface area contributed by atoms with Gasteiger partial charge >= 0.3 is 108 Å². The van der Waals surface area contributed by atoms with E-state index in [-0.39, 0.29) is 9.90 Å². The Morgan fingerprint density at radius 1 is 0.385 bits per heavy atom. The Morgan fingerprint density at radius 3 is 0.385 bits per heavy atom. The molecule has 1 unspecified atom stereocenters. The molecule has 0 saturated carbocycles. The second-order valence-electron chi connectivity index (χ2n) is 4.50. The summed E-state index contributed by atoms with van der Waals surface area (Å²) in [6.07, 6.45) is 0. The third-order valence-corrected chi connectivity index (χ3v) is 0. The van der Waals surface area contributed by atoms with Crippen LogP contribution in [0.4, 0.5) is 0 Å². The molecule has 0 nitrogen and oxygen atoms in total. The van der Waals surface area contributed by atoms with Gasteiger partial charge in [0.1, 0.15) is 0 Å². The van der Waals surface area contributed by atoms with Crippen molar-refractivity contribution in [1.29, 1.82) is 0 Å². The van der Waals surface area contributed by atoms with Crippen LogP contribution < -0.4 is 0 Å². The van der Waals surface area contributed by atoms with Gasteiger partial charge in [0.25, 0.3) is 0 Å². The number of hydrogen-bond acceptors (Lipinski definition) is 0. The zero-order valence-electron chi connectivity index (χ0n) is 11.2. The second kappa shape index (κ2) is 20.6. The van der Waals surface area contributed by atoms with Gasteiger partial charge in [0.05, 0.1) is 0 Å². The number of rotatable bonds is 0. The van der Waals surface area contributed by atoms with Gasteiger partial charge < -0.3 is 0 Å². The monoisotopic (exact) mass is 793 g/mol. The fourth-order valence-electron chi connectivity index (χ4n) is 0. The van der Waals surface area contributed by atoms with Crippen LogP contribution in [0.5, 0.6) is 0 Å². The Labute approximate surface area is 116 Å². The molecule has 3 radical (unpaired) electrons. The second-order valence-corrected chi connectivity index (χ2v) is 39.5. The van der Waals surface area contributed by atoms with Gasteiger partial charge in [-0.1, -0.05) is 0 Å². The molecule has 0 saturated heterocycles. The first-order valence-electron chi connectivity index (χ1n) is 4.50.